The van der Waals surface area contributed by atoms with Crippen molar-refractivity contribution >= 4 is 21.4 Å². The molecule has 1 aliphatic rings. The van der Waals surface area contributed by atoms with Crippen LogP contribution in [-0.2, 0) is 16.4 Å². The maximum absolute atomic E-state index is 11.9. The normalized spacial score (nSPS) is 17.2. The molecule has 0 amide bonds. The topological polar surface area (TPSA) is 58.2 Å². The summed E-state index contributed by atoms with van der Waals surface area (Å²) in [6, 6.07) is 2.70. The summed E-state index contributed by atoms with van der Waals surface area (Å²) >= 11 is 1.64. The van der Waals surface area contributed by atoms with Crippen molar-refractivity contribution in [1.82, 2.24) is 10.0 Å². The van der Waals surface area contributed by atoms with Crippen molar-refractivity contribution in [2.45, 2.75) is 51.1 Å². The fourth-order valence-electron chi connectivity index (χ4n) is 2.18. The Bertz CT molecular complexity index is 481. The Kier molecular flexibility index (Phi) is 6.01. The van der Waals surface area contributed by atoms with Gasteiger partial charge in [-0.15, -0.1) is 0 Å². The van der Waals surface area contributed by atoms with Crippen LogP contribution in [0.5, 0.6) is 0 Å². The van der Waals surface area contributed by atoms with E-state index in [4.69, 9.17) is 0 Å². The molecule has 0 saturated heterocycles. The van der Waals surface area contributed by atoms with E-state index < -0.39 is 10.0 Å². The number of nitrogens with one attached hydrogen (secondary N) is 2. The first-order valence-electron chi connectivity index (χ1n) is 7.29. The molecular weight excluding hydrogens is 292 g/mol. The van der Waals surface area contributed by atoms with Crippen molar-refractivity contribution in [1.29, 1.82) is 0 Å². The number of thiophene rings is 1. The zero-order valence-electron chi connectivity index (χ0n) is 12.0. The predicted octanol–water partition coefficient (Wildman–Crippen LogP) is 2.13. The van der Waals surface area contributed by atoms with Crippen LogP contribution in [0, 0.1) is 0 Å². The first kappa shape index (κ1) is 15.9. The van der Waals surface area contributed by atoms with Gasteiger partial charge < -0.3 is 5.32 Å². The first-order chi connectivity index (χ1) is 9.55. The molecule has 2 rings (SSSR count). The fourth-order valence-corrected chi connectivity index (χ4v) is 4.26. The molecular formula is C14H24N2O2S2. The lowest BCUT2D eigenvalue weighted by Crippen LogP contribution is -2.35. The quantitative estimate of drug-likeness (QED) is 0.650. The third-order valence-corrected chi connectivity index (χ3v) is 5.67. The van der Waals surface area contributed by atoms with E-state index in [-0.39, 0.29) is 11.8 Å². The predicted molar refractivity (Wildman–Crippen MR) is 84.7 cm³/mol. The first-order valence-corrected chi connectivity index (χ1v) is 9.89. The number of hydrogen-bond donors (Lipinski definition) is 2. The Morgan fingerprint density at radius 1 is 1.40 bits per heavy atom. The largest absolute Gasteiger partial charge is 0.314 e. The van der Waals surface area contributed by atoms with E-state index in [2.05, 4.69) is 15.4 Å². The van der Waals surface area contributed by atoms with E-state index in [1.807, 2.05) is 18.4 Å². The number of unbranched alkanes of at least 4 members (excludes halogenated alkanes) is 1. The lowest BCUT2D eigenvalue weighted by atomic mass is 10.1. The van der Waals surface area contributed by atoms with Crippen molar-refractivity contribution < 1.29 is 8.42 Å². The summed E-state index contributed by atoms with van der Waals surface area (Å²) in [5.41, 5.74) is 1.19. The fraction of sp³-hybridized carbons (Fsp3) is 0.714. The molecule has 4 nitrogen and oxygen atoms in total. The van der Waals surface area contributed by atoms with Crippen LogP contribution in [0.3, 0.4) is 0 Å². The zero-order valence-corrected chi connectivity index (χ0v) is 13.6. The summed E-state index contributed by atoms with van der Waals surface area (Å²) in [7, 11) is -3.14. The second-order valence-electron chi connectivity index (χ2n) is 5.61. The Morgan fingerprint density at radius 2 is 2.20 bits per heavy atom. The molecule has 0 radical (unpaired) electrons. The summed E-state index contributed by atoms with van der Waals surface area (Å²) in [5, 5.41) is 7.48. The van der Waals surface area contributed by atoms with Crippen LogP contribution in [0.15, 0.2) is 16.8 Å². The van der Waals surface area contributed by atoms with Gasteiger partial charge in [-0.3, -0.25) is 0 Å². The average molecular weight is 316 g/mol. The molecule has 6 heteroatoms. The molecule has 0 aliphatic heterocycles. The van der Waals surface area contributed by atoms with Crippen LogP contribution in [0.4, 0.5) is 0 Å². The highest BCUT2D eigenvalue weighted by atomic mass is 32.2. The maximum atomic E-state index is 11.9. The van der Waals surface area contributed by atoms with Crippen LogP contribution in [-0.4, -0.2) is 32.8 Å². The van der Waals surface area contributed by atoms with Gasteiger partial charge >= 0.3 is 0 Å². The third-order valence-electron chi connectivity index (χ3n) is 3.35. The van der Waals surface area contributed by atoms with Crippen LogP contribution in [0.2, 0.25) is 0 Å². The molecule has 1 aliphatic carbocycles. The van der Waals surface area contributed by atoms with Gasteiger partial charge in [0.1, 0.15) is 0 Å². The Hall–Kier alpha value is -0.430. The Labute approximate surface area is 126 Å². The minimum Gasteiger partial charge on any atom is -0.314 e. The van der Waals surface area contributed by atoms with Gasteiger partial charge in [-0.2, -0.15) is 11.3 Å². The molecule has 1 aromatic heterocycles. The van der Waals surface area contributed by atoms with E-state index >= 15 is 0 Å². The standard InChI is InChI=1S/C14H24N2O2S2/c1-12(10-13-6-8-19-11-13)16-20(17,18)9-3-2-7-15-14-4-5-14/h6,8,11-12,14-16H,2-5,7,9-10H2,1H3. The van der Waals surface area contributed by atoms with E-state index in [0.717, 1.165) is 25.8 Å². The molecule has 114 valence electrons. The lowest BCUT2D eigenvalue weighted by molar-refractivity contribution is 0.553. The van der Waals surface area contributed by atoms with E-state index in [1.165, 1.54) is 18.4 Å². The molecule has 0 bridgehead atoms. The van der Waals surface area contributed by atoms with E-state index in [9.17, 15) is 8.42 Å². The van der Waals surface area contributed by atoms with Gasteiger partial charge in [-0.05, 0) is 68.0 Å². The number of hydrogen-bond acceptors (Lipinski definition) is 4. The van der Waals surface area contributed by atoms with Gasteiger partial charge in [0, 0.05) is 12.1 Å². The van der Waals surface area contributed by atoms with E-state index in [0.29, 0.717) is 6.04 Å². The zero-order chi connectivity index (χ0) is 14.4. The van der Waals surface area contributed by atoms with Gasteiger partial charge in [0.25, 0.3) is 0 Å². The van der Waals surface area contributed by atoms with E-state index in [1.54, 1.807) is 11.3 Å². The van der Waals surface area contributed by atoms with Crippen molar-refractivity contribution in [3.63, 3.8) is 0 Å². The van der Waals surface area contributed by atoms with Gasteiger partial charge in [0.2, 0.25) is 10.0 Å². The molecule has 1 atom stereocenters. The van der Waals surface area contributed by atoms with Crippen LogP contribution in [0.25, 0.3) is 0 Å². The smallest absolute Gasteiger partial charge is 0.211 e. The van der Waals surface area contributed by atoms with Crippen LogP contribution < -0.4 is 10.0 Å². The van der Waals surface area contributed by atoms with Crippen LogP contribution >= 0.6 is 11.3 Å². The van der Waals surface area contributed by atoms with Crippen molar-refractivity contribution in [3.05, 3.63) is 22.4 Å². The number of rotatable bonds is 10. The summed E-state index contributed by atoms with van der Waals surface area (Å²) in [6.45, 7) is 2.86. The molecule has 20 heavy (non-hydrogen) atoms. The van der Waals surface area contributed by atoms with Crippen molar-refractivity contribution in [2.24, 2.45) is 0 Å². The van der Waals surface area contributed by atoms with Gasteiger partial charge in [0.15, 0.2) is 0 Å². The monoisotopic (exact) mass is 316 g/mol. The van der Waals surface area contributed by atoms with Crippen LogP contribution in [0.1, 0.15) is 38.2 Å². The highest BCUT2D eigenvalue weighted by Gasteiger charge is 2.20. The Balaban J connectivity index is 1.61. The molecule has 2 N–H and O–H groups in total. The average Bonchev–Trinajstić information content (AvgIpc) is 3.04. The maximum Gasteiger partial charge on any atom is 0.211 e. The summed E-state index contributed by atoms with van der Waals surface area (Å²) < 4.78 is 26.7. The van der Waals surface area contributed by atoms with Crippen molar-refractivity contribution in [3.8, 4) is 0 Å². The van der Waals surface area contributed by atoms with Crippen molar-refractivity contribution in [2.75, 3.05) is 12.3 Å². The lowest BCUT2D eigenvalue weighted by Gasteiger charge is -2.13. The highest BCUT2D eigenvalue weighted by molar-refractivity contribution is 7.89. The molecule has 0 aromatic carbocycles. The minimum absolute atomic E-state index is 0.0424. The van der Waals surface area contributed by atoms with Gasteiger partial charge in [0.05, 0.1) is 5.75 Å². The van der Waals surface area contributed by atoms with Gasteiger partial charge in [-0.25, -0.2) is 13.1 Å². The molecule has 1 unspecified atom stereocenters. The third kappa shape index (κ3) is 6.35. The SMILES string of the molecule is CC(Cc1ccsc1)NS(=O)(=O)CCCCNC1CC1. The highest BCUT2D eigenvalue weighted by Crippen LogP contribution is 2.18. The molecule has 1 saturated carbocycles. The van der Waals surface area contributed by atoms with Gasteiger partial charge in [-0.1, -0.05) is 0 Å². The molecule has 1 fully saturated rings. The molecule has 0 spiro atoms. The summed E-state index contributed by atoms with van der Waals surface area (Å²) in [5.74, 6) is 0.229. The molecule has 1 aromatic rings. The Morgan fingerprint density at radius 3 is 2.85 bits per heavy atom. The number of sulfonamides is 1. The summed E-state index contributed by atoms with van der Waals surface area (Å²) in [6.07, 6.45) is 4.96. The summed E-state index contributed by atoms with van der Waals surface area (Å²) in [4.78, 5) is 0. The minimum atomic E-state index is -3.14. The second-order valence-corrected chi connectivity index (χ2v) is 8.26. The second kappa shape index (κ2) is 7.54. The molecule has 1 heterocycles.